The van der Waals surface area contributed by atoms with Crippen molar-refractivity contribution in [1.29, 1.82) is 0 Å². The van der Waals surface area contributed by atoms with E-state index >= 15 is 0 Å². The molecule has 0 unspecified atom stereocenters. The topological polar surface area (TPSA) is 90.9 Å². The van der Waals surface area contributed by atoms with Crippen molar-refractivity contribution in [3.63, 3.8) is 0 Å². The maximum Gasteiger partial charge on any atom is 0.411 e. The number of aromatic nitrogens is 2. The zero-order valence-electron chi connectivity index (χ0n) is 14.9. The second-order valence-corrected chi connectivity index (χ2v) is 6.11. The lowest BCUT2D eigenvalue weighted by Gasteiger charge is -2.09. The van der Waals surface area contributed by atoms with Crippen molar-refractivity contribution in [3.8, 4) is 11.5 Å². The number of hydrogen-bond acceptors (Lipinski definition) is 5. The normalized spacial score (nSPS) is 10.6. The van der Waals surface area contributed by atoms with E-state index in [1.165, 1.54) is 0 Å². The van der Waals surface area contributed by atoms with Gasteiger partial charge >= 0.3 is 6.09 Å². The van der Waals surface area contributed by atoms with E-state index in [0.717, 1.165) is 11.2 Å². The van der Waals surface area contributed by atoms with Crippen LogP contribution >= 0.6 is 0 Å². The molecule has 28 heavy (non-hydrogen) atoms. The molecule has 2 heterocycles. The zero-order chi connectivity index (χ0) is 19.3. The van der Waals surface area contributed by atoms with Gasteiger partial charge < -0.3 is 19.6 Å². The van der Waals surface area contributed by atoms with Crippen LogP contribution < -0.4 is 15.8 Å². The molecule has 4 aromatic rings. The molecule has 0 aliphatic heterocycles. The van der Waals surface area contributed by atoms with Gasteiger partial charge in [0, 0.05) is 5.69 Å². The van der Waals surface area contributed by atoms with Crippen LogP contribution in [0.2, 0.25) is 0 Å². The lowest BCUT2D eigenvalue weighted by molar-refractivity contribution is 0.155. The molecule has 1 amide bonds. The van der Waals surface area contributed by atoms with Gasteiger partial charge in [0.1, 0.15) is 29.6 Å². The highest BCUT2D eigenvalue weighted by atomic mass is 16.5. The number of anilines is 2. The minimum Gasteiger partial charge on any atom is -0.456 e. The summed E-state index contributed by atoms with van der Waals surface area (Å²) in [7, 11) is 0. The van der Waals surface area contributed by atoms with Crippen molar-refractivity contribution in [2.45, 2.75) is 6.61 Å². The predicted octanol–water partition coefficient (Wildman–Crippen LogP) is 4.46. The largest absolute Gasteiger partial charge is 0.456 e. The Kier molecular flexibility index (Phi) is 4.79. The number of benzene rings is 2. The quantitative estimate of drug-likeness (QED) is 0.538. The number of ether oxygens (including phenoxy) is 2. The Hall–Kier alpha value is -4.00. The Morgan fingerprint density at radius 2 is 1.71 bits per heavy atom. The molecule has 7 heteroatoms. The first-order valence-corrected chi connectivity index (χ1v) is 8.65. The number of nitrogens with two attached hydrogens (primary N) is 1. The van der Waals surface area contributed by atoms with E-state index < -0.39 is 6.09 Å². The van der Waals surface area contributed by atoms with Crippen molar-refractivity contribution < 1.29 is 14.3 Å². The summed E-state index contributed by atoms with van der Waals surface area (Å²) in [4.78, 5) is 16.1. The smallest absolute Gasteiger partial charge is 0.411 e. The van der Waals surface area contributed by atoms with Crippen LogP contribution in [0.5, 0.6) is 11.5 Å². The lowest BCUT2D eigenvalue weighted by atomic mass is 10.2. The molecular formula is C21H18N4O3. The van der Waals surface area contributed by atoms with E-state index in [0.29, 0.717) is 23.0 Å². The van der Waals surface area contributed by atoms with Crippen LogP contribution in [0.25, 0.3) is 5.65 Å². The second kappa shape index (κ2) is 7.71. The van der Waals surface area contributed by atoms with Gasteiger partial charge in [-0.2, -0.15) is 0 Å². The number of pyridine rings is 1. The monoisotopic (exact) mass is 374 g/mol. The summed E-state index contributed by atoms with van der Waals surface area (Å²) in [6.07, 6.45) is 3.00. The summed E-state index contributed by atoms with van der Waals surface area (Å²) >= 11 is 0. The highest BCUT2D eigenvalue weighted by Gasteiger charge is 2.05. The summed E-state index contributed by atoms with van der Waals surface area (Å²) in [5.41, 5.74) is 7.98. The first kappa shape index (κ1) is 17.4. The molecule has 7 nitrogen and oxygen atoms in total. The molecule has 0 aliphatic rings. The molecule has 0 fully saturated rings. The van der Waals surface area contributed by atoms with Crippen molar-refractivity contribution >= 4 is 23.2 Å². The van der Waals surface area contributed by atoms with Crippen molar-refractivity contribution in [3.05, 3.63) is 84.7 Å². The minimum atomic E-state index is -0.513. The molecule has 4 rings (SSSR count). The van der Waals surface area contributed by atoms with Crippen LogP contribution in [0.15, 0.2) is 79.1 Å². The number of rotatable bonds is 5. The maximum absolute atomic E-state index is 11.9. The maximum atomic E-state index is 11.9. The molecule has 0 aliphatic carbocycles. The molecule has 0 spiro atoms. The molecule has 0 atom stereocenters. The van der Waals surface area contributed by atoms with E-state index in [-0.39, 0.29) is 6.61 Å². The molecule has 140 valence electrons. The number of carbonyl (C=O) groups is 1. The van der Waals surface area contributed by atoms with Gasteiger partial charge in [-0.1, -0.05) is 30.3 Å². The zero-order valence-corrected chi connectivity index (χ0v) is 14.9. The third-order valence-electron chi connectivity index (χ3n) is 3.99. The van der Waals surface area contributed by atoms with Crippen LogP contribution in [0.3, 0.4) is 0 Å². The standard InChI is InChI=1S/C21H18N4O3/c22-19-13-25-12-18(10-11-20(25)24-19)28-17-8-6-16(7-9-17)23-21(26)27-14-15-4-2-1-3-5-15/h1-13H,14,22H2,(H,23,26). The molecule has 0 saturated carbocycles. The average molecular weight is 374 g/mol. The highest BCUT2D eigenvalue weighted by molar-refractivity contribution is 5.84. The fraction of sp³-hybridized carbons (Fsp3) is 0.0476. The number of nitrogens with zero attached hydrogens (tertiary/aromatic N) is 2. The summed E-state index contributed by atoms with van der Waals surface area (Å²) in [5.74, 6) is 1.73. The molecule has 3 N–H and O–H groups in total. The Balaban J connectivity index is 1.34. The first-order chi connectivity index (χ1) is 13.7. The van der Waals surface area contributed by atoms with Gasteiger partial charge in [0.15, 0.2) is 0 Å². The van der Waals surface area contributed by atoms with Gasteiger partial charge in [-0.15, -0.1) is 0 Å². The molecule has 2 aromatic carbocycles. The number of hydrogen-bond donors (Lipinski definition) is 2. The third-order valence-corrected chi connectivity index (χ3v) is 3.99. The third kappa shape index (κ3) is 4.21. The Morgan fingerprint density at radius 3 is 2.50 bits per heavy atom. The van der Waals surface area contributed by atoms with Gasteiger partial charge in [0.25, 0.3) is 0 Å². The summed E-state index contributed by atoms with van der Waals surface area (Å²) in [6, 6.07) is 20.2. The van der Waals surface area contributed by atoms with Crippen LogP contribution in [0.4, 0.5) is 16.3 Å². The van der Waals surface area contributed by atoms with Gasteiger partial charge in [0.2, 0.25) is 0 Å². The first-order valence-electron chi connectivity index (χ1n) is 8.65. The Morgan fingerprint density at radius 1 is 0.964 bits per heavy atom. The number of nitrogens with one attached hydrogen (secondary N) is 1. The fourth-order valence-electron chi connectivity index (χ4n) is 2.67. The number of imidazole rings is 1. The van der Waals surface area contributed by atoms with Crippen LogP contribution in [-0.4, -0.2) is 15.5 Å². The highest BCUT2D eigenvalue weighted by Crippen LogP contribution is 2.24. The number of amides is 1. The van der Waals surface area contributed by atoms with Crippen molar-refractivity contribution in [1.82, 2.24) is 9.38 Å². The number of nitrogen functional groups attached to an aromatic ring is 1. The predicted molar refractivity (Wildman–Crippen MR) is 106 cm³/mol. The summed E-state index contributed by atoms with van der Waals surface area (Å²) in [5, 5.41) is 2.69. The van der Waals surface area contributed by atoms with Gasteiger partial charge in [-0.05, 0) is 42.0 Å². The van der Waals surface area contributed by atoms with Crippen LogP contribution in [0.1, 0.15) is 5.56 Å². The second-order valence-electron chi connectivity index (χ2n) is 6.11. The SMILES string of the molecule is Nc1cn2cc(Oc3ccc(NC(=O)OCc4ccccc4)cc3)ccc2n1. The van der Waals surface area contributed by atoms with Crippen molar-refractivity contribution in [2.75, 3.05) is 11.1 Å². The van der Waals surface area contributed by atoms with E-state index in [9.17, 15) is 4.79 Å². The van der Waals surface area contributed by atoms with E-state index in [1.54, 1.807) is 41.1 Å². The Labute approximate surface area is 161 Å². The van der Waals surface area contributed by atoms with Gasteiger partial charge in [-0.3, -0.25) is 5.32 Å². The molecule has 0 saturated heterocycles. The van der Waals surface area contributed by atoms with E-state index in [4.69, 9.17) is 15.2 Å². The minimum absolute atomic E-state index is 0.217. The summed E-state index contributed by atoms with van der Waals surface area (Å²) in [6.45, 7) is 0.217. The van der Waals surface area contributed by atoms with Gasteiger partial charge in [-0.25, -0.2) is 9.78 Å². The summed E-state index contributed by atoms with van der Waals surface area (Å²) < 4.78 is 12.8. The lowest BCUT2D eigenvalue weighted by Crippen LogP contribution is -2.13. The molecule has 0 bridgehead atoms. The van der Waals surface area contributed by atoms with E-state index in [2.05, 4.69) is 10.3 Å². The average Bonchev–Trinajstić information content (AvgIpc) is 3.08. The number of fused-ring (bicyclic) bond motifs is 1. The van der Waals surface area contributed by atoms with Gasteiger partial charge in [0.05, 0.1) is 12.4 Å². The van der Waals surface area contributed by atoms with Crippen LogP contribution in [-0.2, 0) is 11.3 Å². The molecule has 0 radical (unpaired) electrons. The number of carbonyl (C=O) groups excluding carboxylic acids is 1. The van der Waals surface area contributed by atoms with E-state index in [1.807, 2.05) is 42.5 Å². The Bertz CT molecular complexity index is 1090. The van der Waals surface area contributed by atoms with Crippen LogP contribution in [0, 0.1) is 0 Å². The van der Waals surface area contributed by atoms with Crippen molar-refractivity contribution in [2.24, 2.45) is 0 Å². The molecular weight excluding hydrogens is 356 g/mol. The fourth-order valence-corrected chi connectivity index (χ4v) is 2.67. The molecule has 2 aromatic heterocycles.